The van der Waals surface area contributed by atoms with Gasteiger partial charge in [-0.2, -0.15) is 0 Å². The van der Waals surface area contributed by atoms with Crippen LogP contribution in [-0.4, -0.2) is 0 Å². The summed E-state index contributed by atoms with van der Waals surface area (Å²) in [5.41, 5.74) is 11.5. The molecule has 32 heavy (non-hydrogen) atoms. The summed E-state index contributed by atoms with van der Waals surface area (Å²) in [5, 5.41) is 3.70. The van der Waals surface area contributed by atoms with E-state index in [1.165, 1.54) is 54.5 Å². The van der Waals surface area contributed by atoms with Gasteiger partial charge in [0.25, 0.3) is 0 Å². The number of hydrogen-bond donors (Lipinski definition) is 1. The number of nitrogens with one attached hydrogen (secondary N) is 1. The minimum absolute atomic E-state index is 0.329. The van der Waals surface area contributed by atoms with Crippen molar-refractivity contribution >= 4 is 0 Å². The molecule has 0 bridgehead atoms. The molecule has 0 aromatic rings. The van der Waals surface area contributed by atoms with Crippen LogP contribution in [0.3, 0.4) is 0 Å². The Morgan fingerprint density at radius 3 is 2.47 bits per heavy atom. The van der Waals surface area contributed by atoms with Crippen molar-refractivity contribution in [2.75, 3.05) is 0 Å². The van der Waals surface area contributed by atoms with Crippen LogP contribution in [0.25, 0.3) is 0 Å². The fourth-order valence-corrected chi connectivity index (χ4v) is 4.91. The van der Waals surface area contributed by atoms with Gasteiger partial charge in [-0.15, -0.1) is 0 Å². The SMILES string of the molecule is C=C(CC1(/C(C)=C/C2=C(C)CCC2)CC1)N/C(=C/C(C1=CC/C=C\CC=C1)=C(C)C)CC. The van der Waals surface area contributed by atoms with Crippen LogP contribution in [0.2, 0.25) is 0 Å². The van der Waals surface area contributed by atoms with Gasteiger partial charge in [0, 0.05) is 11.4 Å². The Balaban J connectivity index is 1.72. The van der Waals surface area contributed by atoms with E-state index >= 15 is 0 Å². The van der Waals surface area contributed by atoms with Gasteiger partial charge in [0.2, 0.25) is 0 Å². The Kier molecular flexibility index (Phi) is 8.40. The first-order valence-electron chi connectivity index (χ1n) is 12.6. The highest BCUT2D eigenvalue weighted by Crippen LogP contribution is 2.56. The van der Waals surface area contributed by atoms with Crippen molar-refractivity contribution < 1.29 is 0 Å². The monoisotopic (exact) mass is 429 g/mol. The van der Waals surface area contributed by atoms with E-state index in [1.54, 1.807) is 16.7 Å². The quantitative estimate of drug-likeness (QED) is 0.284. The summed E-state index contributed by atoms with van der Waals surface area (Å²) in [4.78, 5) is 0. The van der Waals surface area contributed by atoms with E-state index in [4.69, 9.17) is 0 Å². The van der Waals surface area contributed by atoms with E-state index in [2.05, 4.69) is 89.0 Å². The average molecular weight is 430 g/mol. The molecule has 1 heteroatoms. The first-order valence-corrected chi connectivity index (χ1v) is 12.6. The van der Waals surface area contributed by atoms with Crippen molar-refractivity contribution in [3.05, 3.63) is 93.9 Å². The van der Waals surface area contributed by atoms with Crippen LogP contribution >= 0.6 is 0 Å². The van der Waals surface area contributed by atoms with Crippen LogP contribution in [0.4, 0.5) is 0 Å². The van der Waals surface area contributed by atoms with E-state index in [-0.39, 0.29) is 0 Å². The number of allylic oxidation sites excluding steroid dienone is 15. The van der Waals surface area contributed by atoms with Crippen LogP contribution in [0, 0.1) is 5.41 Å². The topological polar surface area (TPSA) is 12.0 Å². The lowest BCUT2D eigenvalue weighted by Crippen LogP contribution is -2.16. The molecule has 0 spiro atoms. The molecule has 172 valence electrons. The van der Waals surface area contributed by atoms with Crippen molar-refractivity contribution in [3.63, 3.8) is 0 Å². The van der Waals surface area contributed by atoms with Gasteiger partial charge in [0.05, 0.1) is 0 Å². The lowest BCUT2D eigenvalue weighted by Gasteiger charge is -2.21. The lowest BCUT2D eigenvalue weighted by atomic mass is 9.89. The van der Waals surface area contributed by atoms with Gasteiger partial charge in [-0.25, -0.2) is 0 Å². The van der Waals surface area contributed by atoms with Crippen molar-refractivity contribution in [1.29, 1.82) is 0 Å². The molecule has 1 fully saturated rings. The van der Waals surface area contributed by atoms with Crippen LogP contribution in [-0.2, 0) is 0 Å². The zero-order valence-electron chi connectivity index (χ0n) is 21.1. The van der Waals surface area contributed by atoms with E-state index in [1.807, 2.05) is 0 Å². The summed E-state index contributed by atoms with van der Waals surface area (Å²) in [6, 6.07) is 0. The van der Waals surface area contributed by atoms with E-state index in [0.29, 0.717) is 5.41 Å². The fourth-order valence-electron chi connectivity index (χ4n) is 4.91. The van der Waals surface area contributed by atoms with E-state index < -0.39 is 0 Å². The molecule has 3 rings (SSSR count). The van der Waals surface area contributed by atoms with Gasteiger partial charge in [0.1, 0.15) is 0 Å². The molecule has 0 atom stereocenters. The van der Waals surface area contributed by atoms with Crippen molar-refractivity contribution in [2.45, 2.75) is 92.4 Å². The molecule has 0 aromatic carbocycles. The number of rotatable bonds is 9. The van der Waals surface area contributed by atoms with E-state index in [9.17, 15) is 0 Å². The lowest BCUT2D eigenvalue weighted by molar-refractivity contribution is 0.578. The second kappa shape index (κ2) is 11.0. The van der Waals surface area contributed by atoms with Crippen LogP contribution < -0.4 is 5.32 Å². The maximum atomic E-state index is 4.44. The first kappa shape index (κ1) is 24.4. The molecule has 0 radical (unpaired) electrons. The summed E-state index contributed by atoms with van der Waals surface area (Å²) < 4.78 is 0. The Morgan fingerprint density at radius 1 is 1.09 bits per heavy atom. The molecule has 0 saturated heterocycles. The second-order valence-corrected chi connectivity index (χ2v) is 10.1. The van der Waals surface area contributed by atoms with Gasteiger partial charge >= 0.3 is 0 Å². The molecule has 0 aliphatic heterocycles. The molecule has 0 unspecified atom stereocenters. The normalized spacial score (nSPS) is 21.6. The molecule has 0 aromatic heterocycles. The summed E-state index contributed by atoms with van der Waals surface area (Å²) in [7, 11) is 0. The zero-order valence-corrected chi connectivity index (χ0v) is 21.1. The van der Waals surface area contributed by atoms with Crippen molar-refractivity contribution in [2.24, 2.45) is 5.41 Å². The van der Waals surface area contributed by atoms with Crippen molar-refractivity contribution in [1.82, 2.24) is 5.32 Å². The Bertz CT molecular complexity index is 931. The summed E-state index contributed by atoms with van der Waals surface area (Å²) in [6.45, 7) is 15.8. The molecule has 1 saturated carbocycles. The molecule has 0 heterocycles. The molecule has 1 nitrogen and oxygen atoms in total. The van der Waals surface area contributed by atoms with Gasteiger partial charge in [-0.05, 0) is 114 Å². The van der Waals surface area contributed by atoms with Gasteiger partial charge in [-0.3, -0.25) is 0 Å². The zero-order chi connectivity index (χ0) is 23.1. The Labute approximate surface area is 197 Å². The third kappa shape index (κ3) is 6.37. The third-order valence-electron chi connectivity index (χ3n) is 7.28. The van der Waals surface area contributed by atoms with Gasteiger partial charge < -0.3 is 5.32 Å². The number of hydrogen-bond acceptors (Lipinski definition) is 1. The highest BCUT2D eigenvalue weighted by Gasteiger charge is 2.44. The maximum Gasteiger partial charge on any atom is 0.0151 e. The van der Waals surface area contributed by atoms with Crippen LogP contribution in [0.1, 0.15) is 92.4 Å². The fraction of sp³-hybridized carbons (Fsp3) is 0.484. The average Bonchev–Trinajstić information content (AvgIpc) is 3.40. The van der Waals surface area contributed by atoms with Gasteiger partial charge in [-0.1, -0.05) is 66.7 Å². The molecule has 3 aliphatic carbocycles. The minimum atomic E-state index is 0.329. The van der Waals surface area contributed by atoms with Crippen LogP contribution in [0.5, 0.6) is 0 Å². The van der Waals surface area contributed by atoms with Crippen LogP contribution in [0.15, 0.2) is 93.9 Å². The maximum absolute atomic E-state index is 4.44. The minimum Gasteiger partial charge on any atom is -0.363 e. The molecule has 3 aliphatic rings. The smallest absolute Gasteiger partial charge is 0.0151 e. The standard InChI is InChI=1S/C31H43N/c1-7-29(21-30(23(2)3)27-15-11-9-8-10-12-16-27)32-26(6)22-31(18-19-31)25(5)20-28-17-13-14-24(28)4/h8-9,12,15-16,20-21,32H,6-7,10-11,13-14,17-19,22H2,1-5H3/b9-8-,16-12?,25-20+,27-15?,29-21+. The predicted octanol–water partition coefficient (Wildman–Crippen LogP) is 9.17. The second-order valence-electron chi connectivity index (χ2n) is 10.1. The molecule has 1 N–H and O–H groups in total. The Hall–Kier alpha value is -2.28. The summed E-state index contributed by atoms with van der Waals surface area (Å²) in [5.74, 6) is 0. The molecular formula is C31H43N. The molecule has 0 amide bonds. The predicted molar refractivity (Wildman–Crippen MR) is 141 cm³/mol. The largest absolute Gasteiger partial charge is 0.363 e. The Morgan fingerprint density at radius 2 is 1.84 bits per heavy atom. The molecular weight excluding hydrogens is 386 g/mol. The first-order chi connectivity index (χ1) is 15.3. The third-order valence-corrected chi connectivity index (χ3v) is 7.28. The van der Waals surface area contributed by atoms with E-state index in [0.717, 1.165) is 31.4 Å². The van der Waals surface area contributed by atoms with Crippen molar-refractivity contribution in [3.8, 4) is 0 Å². The van der Waals surface area contributed by atoms with Gasteiger partial charge in [0.15, 0.2) is 0 Å². The highest BCUT2D eigenvalue weighted by atomic mass is 14.9. The summed E-state index contributed by atoms with van der Waals surface area (Å²) >= 11 is 0. The summed E-state index contributed by atoms with van der Waals surface area (Å²) in [6.07, 6.45) is 26.7. The highest BCUT2D eigenvalue weighted by molar-refractivity contribution is 5.50.